The molecule has 0 fully saturated rings. The van der Waals surface area contributed by atoms with Crippen LogP contribution in [0.3, 0.4) is 0 Å². The first-order valence-electron chi connectivity index (χ1n) is 9.62. The van der Waals surface area contributed by atoms with E-state index in [4.69, 9.17) is 9.47 Å². The first-order chi connectivity index (χ1) is 15.0. The molecule has 31 heavy (non-hydrogen) atoms. The van der Waals surface area contributed by atoms with Crippen LogP contribution in [0.4, 0.5) is 5.69 Å². The summed E-state index contributed by atoms with van der Waals surface area (Å²) >= 11 is 0. The predicted molar refractivity (Wildman–Crippen MR) is 117 cm³/mol. The molecule has 0 aliphatic heterocycles. The van der Waals surface area contributed by atoms with E-state index in [2.05, 4.69) is 5.32 Å². The topological polar surface area (TPSA) is 81.7 Å². The number of fused-ring (bicyclic) bond motifs is 1. The molecule has 4 rings (SSSR count). The van der Waals surface area contributed by atoms with Crippen molar-refractivity contribution in [2.24, 2.45) is 0 Å². The molecule has 0 atom stereocenters. The van der Waals surface area contributed by atoms with Gasteiger partial charge in [-0.2, -0.15) is 0 Å². The third-order valence-electron chi connectivity index (χ3n) is 4.80. The average Bonchev–Trinajstić information content (AvgIpc) is 3.03. The largest absolute Gasteiger partial charge is 0.497 e. The van der Waals surface area contributed by atoms with E-state index in [-0.39, 0.29) is 29.7 Å². The number of amides is 1. The van der Waals surface area contributed by atoms with E-state index in [9.17, 15) is 14.4 Å². The highest BCUT2D eigenvalue weighted by atomic mass is 16.5. The molecule has 1 amide bonds. The van der Waals surface area contributed by atoms with Gasteiger partial charge in [0.1, 0.15) is 11.5 Å². The van der Waals surface area contributed by atoms with Crippen LogP contribution in [-0.2, 0) is 4.79 Å². The van der Waals surface area contributed by atoms with Gasteiger partial charge in [0.05, 0.1) is 12.7 Å². The Morgan fingerprint density at radius 2 is 1.55 bits per heavy atom. The number of Topliss-reactive ketones (excluding diaryl/α,β-unsaturated/α-hetero) is 2. The number of methoxy groups -OCH3 is 1. The van der Waals surface area contributed by atoms with Crippen molar-refractivity contribution in [1.29, 1.82) is 0 Å². The number of ether oxygens (including phenoxy) is 2. The number of hydrogen-bond acceptors (Lipinski definition) is 5. The van der Waals surface area contributed by atoms with Gasteiger partial charge in [-0.15, -0.1) is 0 Å². The van der Waals surface area contributed by atoms with Gasteiger partial charge in [0.15, 0.2) is 18.2 Å². The van der Waals surface area contributed by atoms with Crippen LogP contribution in [0.1, 0.15) is 26.3 Å². The number of carbonyl (C=O) groups is 3. The van der Waals surface area contributed by atoms with E-state index in [0.29, 0.717) is 33.9 Å². The van der Waals surface area contributed by atoms with Gasteiger partial charge >= 0.3 is 0 Å². The Labute approximate surface area is 179 Å². The third-order valence-corrected chi connectivity index (χ3v) is 4.80. The van der Waals surface area contributed by atoms with Crippen LogP contribution in [0, 0.1) is 0 Å². The fraction of sp³-hybridized carbons (Fsp3) is 0.0800. The fourth-order valence-electron chi connectivity index (χ4n) is 3.31. The van der Waals surface area contributed by atoms with Gasteiger partial charge in [0.2, 0.25) is 0 Å². The molecule has 0 radical (unpaired) electrons. The van der Waals surface area contributed by atoms with E-state index in [0.717, 1.165) is 0 Å². The molecule has 1 N–H and O–H groups in total. The van der Waals surface area contributed by atoms with Crippen LogP contribution in [-0.4, -0.2) is 31.2 Å². The molecule has 0 bridgehead atoms. The molecule has 0 spiro atoms. The van der Waals surface area contributed by atoms with Crippen molar-refractivity contribution in [2.45, 2.75) is 0 Å². The second-order valence-corrected chi connectivity index (χ2v) is 6.90. The van der Waals surface area contributed by atoms with Crippen LogP contribution in [0.5, 0.6) is 11.5 Å². The first-order valence-corrected chi connectivity index (χ1v) is 9.62. The highest BCUT2D eigenvalue weighted by Gasteiger charge is 2.32. The summed E-state index contributed by atoms with van der Waals surface area (Å²) in [6, 6.07) is 20.7. The van der Waals surface area contributed by atoms with Crippen LogP contribution < -0.4 is 14.8 Å². The molecule has 1 aliphatic carbocycles. The van der Waals surface area contributed by atoms with Gasteiger partial charge in [-0.05, 0) is 35.9 Å². The summed E-state index contributed by atoms with van der Waals surface area (Å²) in [5.74, 6) is 0.186. The van der Waals surface area contributed by atoms with Gasteiger partial charge in [-0.1, -0.05) is 42.5 Å². The molecule has 6 heteroatoms. The Balaban J connectivity index is 1.43. The smallest absolute Gasteiger partial charge is 0.262 e. The highest BCUT2D eigenvalue weighted by Crippen LogP contribution is 2.28. The number of nitrogens with one attached hydrogen (secondary N) is 1. The van der Waals surface area contributed by atoms with Crippen molar-refractivity contribution in [3.63, 3.8) is 0 Å². The van der Waals surface area contributed by atoms with Gasteiger partial charge in [-0.25, -0.2) is 0 Å². The van der Waals surface area contributed by atoms with E-state index in [1.54, 1.807) is 86.0 Å². The van der Waals surface area contributed by atoms with E-state index in [1.165, 1.54) is 0 Å². The van der Waals surface area contributed by atoms with E-state index in [1.807, 2.05) is 0 Å². The quantitative estimate of drug-likeness (QED) is 0.484. The molecule has 0 aromatic heterocycles. The molecular formula is C25H19NO5. The number of rotatable bonds is 6. The number of allylic oxidation sites excluding steroid dienone is 1. The Bertz CT molecular complexity index is 1170. The number of hydrogen-bond donors (Lipinski definition) is 1. The third kappa shape index (κ3) is 4.38. The normalized spacial score (nSPS) is 12.4. The second kappa shape index (κ2) is 8.67. The molecule has 3 aromatic carbocycles. The van der Waals surface area contributed by atoms with Gasteiger partial charge in [-0.3, -0.25) is 14.4 Å². The number of anilines is 1. The van der Waals surface area contributed by atoms with Crippen LogP contribution >= 0.6 is 0 Å². The van der Waals surface area contributed by atoms with E-state index < -0.39 is 0 Å². The second-order valence-electron chi connectivity index (χ2n) is 6.90. The maximum atomic E-state index is 12.5. The highest BCUT2D eigenvalue weighted by molar-refractivity contribution is 6.41. The Kier molecular flexibility index (Phi) is 5.62. The van der Waals surface area contributed by atoms with Crippen LogP contribution in [0.25, 0.3) is 6.08 Å². The molecule has 6 nitrogen and oxygen atoms in total. The van der Waals surface area contributed by atoms with E-state index >= 15 is 0 Å². The minimum absolute atomic E-state index is 0.120. The Morgan fingerprint density at radius 1 is 0.871 bits per heavy atom. The zero-order valence-corrected chi connectivity index (χ0v) is 16.8. The Morgan fingerprint density at radius 3 is 2.26 bits per heavy atom. The van der Waals surface area contributed by atoms with Crippen molar-refractivity contribution in [3.8, 4) is 11.5 Å². The fourth-order valence-corrected chi connectivity index (χ4v) is 3.31. The Hall–Kier alpha value is -4.19. The number of benzene rings is 3. The minimum Gasteiger partial charge on any atom is -0.497 e. The SMILES string of the molecule is COc1cccc(NC(=O)COc2cccc(C=C3C(=O)c4ccccc4C3=O)c2)c1. The van der Waals surface area contributed by atoms with Crippen molar-refractivity contribution < 1.29 is 23.9 Å². The molecule has 0 unspecified atom stereocenters. The molecule has 1 aliphatic rings. The minimum atomic E-state index is -0.325. The lowest BCUT2D eigenvalue weighted by atomic mass is 10.1. The lowest BCUT2D eigenvalue weighted by Gasteiger charge is -2.09. The standard InChI is InChI=1S/C25H19NO5/c1-30-18-8-5-7-17(14-18)26-23(27)15-31-19-9-4-6-16(12-19)13-22-24(28)20-10-2-3-11-21(20)25(22)29/h2-14H,15H2,1H3,(H,26,27). The zero-order valence-electron chi connectivity index (χ0n) is 16.8. The van der Waals surface area contributed by atoms with Gasteiger partial charge in [0.25, 0.3) is 5.91 Å². The lowest BCUT2D eigenvalue weighted by molar-refractivity contribution is -0.118. The number of ketones is 2. The molecule has 0 saturated carbocycles. The molecule has 3 aromatic rings. The average molecular weight is 413 g/mol. The molecular weight excluding hydrogens is 394 g/mol. The summed E-state index contributed by atoms with van der Waals surface area (Å²) in [6.45, 7) is -0.194. The monoisotopic (exact) mass is 413 g/mol. The van der Waals surface area contributed by atoms with Crippen LogP contribution in [0.2, 0.25) is 0 Å². The van der Waals surface area contributed by atoms with Crippen molar-refractivity contribution in [2.75, 3.05) is 19.0 Å². The molecule has 154 valence electrons. The summed E-state index contributed by atoms with van der Waals surface area (Å²) in [4.78, 5) is 37.3. The van der Waals surface area contributed by atoms with Crippen molar-refractivity contribution >= 4 is 29.2 Å². The van der Waals surface area contributed by atoms with Gasteiger partial charge in [0, 0.05) is 22.9 Å². The summed E-state index contributed by atoms with van der Waals surface area (Å²) in [7, 11) is 1.55. The van der Waals surface area contributed by atoms with Gasteiger partial charge < -0.3 is 14.8 Å². The van der Waals surface area contributed by atoms with Crippen molar-refractivity contribution in [1.82, 2.24) is 0 Å². The summed E-state index contributed by atoms with van der Waals surface area (Å²) in [5, 5.41) is 2.74. The molecule has 0 heterocycles. The summed E-state index contributed by atoms with van der Waals surface area (Å²) in [6.07, 6.45) is 1.55. The predicted octanol–water partition coefficient (Wildman–Crippen LogP) is 4.18. The lowest BCUT2D eigenvalue weighted by Crippen LogP contribution is -2.20. The summed E-state index contributed by atoms with van der Waals surface area (Å²) in [5.41, 5.74) is 2.19. The zero-order chi connectivity index (χ0) is 21.8. The first kappa shape index (κ1) is 20.1. The summed E-state index contributed by atoms with van der Waals surface area (Å²) < 4.78 is 10.7. The maximum absolute atomic E-state index is 12.5. The maximum Gasteiger partial charge on any atom is 0.262 e. The van der Waals surface area contributed by atoms with Crippen LogP contribution in [0.15, 0.2) is 78.4 Å². The van der Waals surface area contributed by atoms with Crippen molar-refractivity contribution in [3.05, 3.63) is 95.1 Å². The number of carbonyl (C=O) groups excluding carboxylic acids is 3. The molecule has 0 saturated heterocycles.